The van der Waals surface area contributed by atoms with Gasteiger partial charge in [0.25, 0.3) is 0 Å². The minimum Gasteiger partial charge on any atom is -0.323 e. The van der Waals surface area contributed by atoms with Crippen molar-refractivity contribution in [3.63, 3.8) is 0 Å². The SMILES string of the molecule is CC(N)c1cn(CCCN(C)C)nn1. The Kier molecular flexibility index (Phi) is 4.03. The number of aryl methyl sites for hydroxylation is 1. The first-order valence-electron chi connectivity index (χ1n) is 4.90. The first-order chi connectivity index (χ1) is 6.59. The zero-order valence-electron chi connectivity index (χ0n) is 9.14. The van der Waals surface area contributed by atoms with Crippen LogP contribution in [0.3, 0.4) is 0 Å². The standard InChI is InChI=1S/C9H19N5/c1-8(10)9-7-14(12-11-9)6-4-5-13(2)3/h7-8H,4-6,10H2,1-3H3. The molecule has 80 valence electrons. The van der Waals surface area contributed by atoms with Crippen LogP contribution in [-0.4, -0.2) is 40.5 Å². The Morgan fingerprint density at radius 2 is 2.29 bits per heavy atom. The number of rotatable bonds is 5. The molecule has 0 amide bonds. The number of nitrogens with zero attached hydrogens (tertiary/aromatic N) is 4. The molecule has 2 N–H and O–H groups in total. The van der Waals surface area contributed by atoms with E-state index in [1.165, 1.54) is 0 Å². The van der Waals surface area contributed by atoms with Crippen molar-refractivity contribution in [2.24, 2.45) is 5.73 Å². The molecule has 0 aliphatic rings. The molecule has 0 radical (unpaired) electrons. The quantitative estimate of drug-likeness (QED) is 0.735. The molecule has 0 spiro atoms. The molecule has 14 heavy (non-hydrogen) atoms. The Labute approximate surface area is 84.9 Å². The van der Waals surface area contributed by atoms with Crippen LogP contribution in [0.2, 0.25) is 0 Å². The van der Waals surface area contributed by atoms with Crippen LogP contribution in [0.15, 0.2) is 6.20 Å². The van der Waals surface area contributed by atoms with Crippen molar-refractivity contribution in [2.75, 3.05) is 20.6 Å². The van der Waals surface area contributed by atoms with E-state index in [2.05, 4.69) is 29.3 Å². The van der Waals surface area contributed by atoms with Crippen molar-refractivity contribution >= 4 is 0 Å². The lowest BCUT2D eigenvalue weighted by Gasteiger charge is -2.08. The van der Waals surface area contributed by atoms with Gasteiger partial charge in [0, 0.05) is 12.6 Å². The summed E-state index contributed by atoms with van der Waals surface area (Å²) in [5, 5.41) is 7.99. The largest absolute Gasteiger partial charge is 0.323 e. The second kappa shape index (κ2) is 5.07. The summed E-state index contributed by atoms with van der Waals surface area (Å²) >= 11 is 0. The van der Waals surface area contributed by atoms with Gasteiger partial charge in [-0.2, -0.15) is 0 Å². The highest BCUT2D eigenvalue weighted by Gasteiger charge is 2.04. The normalized spacial score (nSPS) is 13.5. The molecule has 0 saturated heterocycles. The summed E-state index contributed by atoms with van der Waals surface area (Å²) in [7, 11) is 4.13. The molecule has 5 nitrogen and oxygen atoms in total. The second-order valence-electron chi connectivity index (χ2n) is 3.85. The number of nitrogens with two attached hydrogens (primary N) is 1. The summed E-state index contributed by atoms with van der Waals surface area (Å²) in [5.41, 5.74) is 6.54. The molecule has 1 heterocycles. The molecular weight excluding hydrogens is 178 g/mol. The van der Waals surface area contributed by atoms with Gasteiger partial charge in [-0.25, -0.2) is 0 Å². The fourth-order valence-electron chi connectivity index (χ4n) is 1.18. The summed E-state index contributed by atoms with van der Waals surface area (Å²) in [6, 6.07) is -0.0300. The lowest BCUT2D eigenvalue weighted by Crippen LogP contribution is -2.15. The Hall–Kier alpha value is -0.940. The molecule has 5 heteroatoms. The van der Waals surface area contributed by atoms with E-state index < -0.39 is 0 Å². The van der Waals surface area contributed by atoms with Gasteiger partial charge in [-0.3, -0.25) is 4.68 Å². The summed E-state index contributed by atoms with van der Waals surface area (Å²) in [5.74, 6) is 0. The van der Waals surface area contributed by atoms with Gasteiger partial charge in [0.1, 0.15) is 0 Å². The van der Waals surface area contributed by atoms with Gasteiger partial charge in [0.05, 0.1) is 11.9 Å². The van der Waals surface area contributed by atoms with Crippen LogP contribution in [0.1, 0.15) is 25.1 Å². The predicted octanol–water partition coefficient (Wildman–Crippen LogP) is 0.250. The van der Waals surface area contributed by atoms with E-state index in [4.69, 9.17) is 5.73 Å². The summed E-state index contributed by atoms with van der Waals surface area (Å²) < 4.78 is 1.85. The zero-order valence-corrected chi connectivity index (χ0v) is 9.14. The van der Waals surface area contributed by atoms with E-state index in [0.29, 0.717) is 0 Å². The van der Waals surface area contributed by atoms with E-state index in [1.807, 2.05) is 17.8 Å². The molecule has 0 saturated carbocycles. The third-order valence-electron chi connectivity index (χ3n) is 2.02. The molecule has 0 fully saturated rings. The fraction of sp³-hybridized carbons (Fsp3) is 0.778. The van der Waals surface area contributed by atoms with Crippen molar-refractivity contribution in [1.82, 2.24) is 19.9 Å². The Bertz CT molecular complexity index is 266. The molecule has 1 rings (SSSR count). The zero-order chi connectivity index (χ0) is 10.6. The number of aromatic nitrogens is 3. The summed E-state index contributed by atoms with van der Waals surface area (Å²) in [4.78, 5) is 2.16. The molecular formula is C9H19N5. The highest BCUT2D eigenvalue weighted by molar-refractivity contribution is 4.97. The third kappa shape index (κ3) is 3.43. The monoisotopic (exact) mass is 197 g/mol. The van der Waals surface area contributed by atoms with Gasteiger partial charge in [-0.05, 0) is 34.0 Å². The number of hydrogen-bond acceptors (Lipinski definition) is 4. The Morgan fingerprint density at radius 1 is 1.57 bits per heavy atom. The molecule has 1 aromatic rings. The highest BCUT2D eigenvalue weighted by atomic mass is 15.4. The average molecular weight is 197 g/mol. The first kappa shape index (κ1) is 11.1. The van der Waals surface area contributed by atoms with Gasteiger partial charge in [-0.15, -0.1) is 5.10 Å². The van der Waals surface area contributed by atoms with Gasteiger partial charge in [0.2, 0.25) is 0 Å². The topological polar surface area (TPSA) is 60.0 Å². The second-order valence-corrected chi connectivity index (χ2v) is 3.85. The van der Waals surface area contributed by atoms with Crippen LogP contribution in [0.5, 0.6) is 0 Å². The molecule has 0 aliphatic carbocycles. The first-order valence-corrected chi connectivity index (χ1v) is 4.90. The van der Waals surface area contributed by atoms with Gasteiger partial charge >= 0.3 is 0 Å². The third-order valence-corrected chi connectivity index (χ3v) is 2.02. The lowest BCUT2D eigenvalue weighted by molar-refractivity contribution is 0.379. The van der Waals surface area contributed by atoms with Gasteiger partial charge in [-0.1, -0.05) is 5.21 Å². The smallest absolute Gasteiger partial charge is 0.0991 e. The van der Waals surface area contributed by atoms with Crippen molar-refractivity contribution in [3.05, 3.63) is 11.9 Å². The van der Waals surface area contributed by atoms with Crippen molar-refractivity contribution in [2.45, 2.75) is 25.9 Å². The van der Waals surface area contributed by atoms with E-state index in [9.17, 15) is 0 Å². The van der Waals surface area contributed by atoms with E-state index in [0.717, 1.165) is 25.2 Å². The maximum atomic E-state index is 5.68. The van der Waals surface area contributed by atoms with Crippen LogP contribution in [0.25, 0.3) is 0 Å². The highest BCUT2D eigenvalue weighted by Crippen LogP contribution is 2.03. The summed E-state index contributed by atoms with van der Waals surface area (Å²) in [6.07, 6.45) is 3.00. The average Bonchev–Trinajstić information content (AvgIpc) is 2.52. The Balaban J connectivity index is 2.36. The van der Waals surface area contributed by atoms with Crippen LogP contribution in [0, 0.1) is 0 Å². The molecule has 0 aromatic carbocycles. The summed E-state index contributed by atoms with van der Waals surface area (Å²) in [6.45, 7) is 3.87. The van der Waals surface area contributed by atoms with Gasteiger partial charge in [0.15, 0.2) is 0 Å². The van der Waals surface area contributed by atoms with Gasteiger partial charge < -0.3 is 10.6 Å². The maximum Gasteiger partial charge on any atom is 0.0991 e. The van der Waals surface area contributed by atoms with Crippen molar-refractivity contribution in [1.29, 1.82) is 0 Å². The van der Waals surface area contributed by atoms with Crippen LogP contribution < -0.4 is 5.73 Å². The number of hydrogen-bond donors (Lipinski definition) is 1. The Morgan fingerprint density at radius 3 is 2.79 bits per heavy atom. The minimum absolute atomic E-state index is 0.0300. The lowest BCUT2D eigenvalue weighted by atomic mass is 10.3. The molecule has 0 aliphatic heterocycles. The van der Waals surface area contributed by atoms with E-state index in [1.54, 1.807) is 0 Å². The van der Waals surface area contributed by atoms with E-state index in [-0.39, 0.29) is 6.04 Å². The molecule has 1 atom stereocenters. The molecule has 1 unspecified atom stereocenters. The maximum absolute atomic E-state index is 5.68. The van der Waals surface area contributed by atoms with Crippen molar-refractivity contribution < 1.29 is 0 Å². The molecule has 1 aromatic heterocycles. The predicted molar refractivity (Wildman–Crippen MR) is 55.8 cm³/mol. The van der Waals surface area contributed by atoms with Crippen LogP contribution in [0.4, 0.5) is 0 Å². The van der Waals surface area contributed by atoms with Crippen LogP contribution in [-0.2, 0) is 6.54 Å². The van der Waals surface area contributed by atoms with Crippen LogP contribution >= 0.6 is 0 Å². The van der Waals surface area contributed by atoms with E-state index >= 15 is 0 Å². The van der Waals surface area contributed by atoms with Crippen molar-refractivity contribution in [3.8, 4) is 0 Å². The fourth-order valence-corrected chi connectivity index (χ4v) is 1.18. The minimum atomic E-state index is -0.0300. The molecule has 0 bridgehead atoms.